The number of carbonyl (C=O) groups is 2. The molecule has 176 valence electrons. The molecular formula is C30H28N2O3. The van der Waals surface area contributed by atoms with Gasteiger partial charge in [0.25, 0.3) is 11.8 Å². The second-order valence-corrected chi connectivity index (χ2v) is 8.16. The number of amides is 2. The van der Waals surface area contributed by atoms with Crippen molar-refractivity contribution in [3.8, 4) is 11.5 Å². The standard InChI is InChI=1S/C30H28N2O3/c1-23-11-8-9-16-28(23)29(33)31-21-10-22-32(30(34)24-12-4-2-5-13-24)25-17-19-27(20-18-25)35-26-14-6-3-7-15-26/h2-9,11-20H,10,21-22H2,1H3,(H,31,33). The summed E-state index contributed by atoms with van der Waals surface area (Å²) in [4.78, 5) is 27.6. The zero-order valence-electron chi connectivity index (χ0n) is 19.7. The SMILES string of the molecule is Cc1ccccc1C(=O)NCCCN(C(=O)c1ccccc1)c1ccc(Oc2ccccc2)cc1. The molecule has 0 saturated heterocycles. The van der Waals surface area contributed by atoms with Gasteiger partial charge >= 0.3 is 0 Å². The predicted octanol–water partition coefficient (Wildman–Crippen LogP) is 6.25. The zero-order chi connectivity index (χ0) is 24.5. The van der Waals surface area contributed by atoms with Gasteiger partial charge in [-0.1, -0.05) is 54.6 Å². The normalized spacial score (nSPS) is 10.4. The summed E-state index contributed by atoms with van der Waals surface area (Å²) >= 11 is 0. The second kappa shape index (κ2) is 11.7. The lowest BCUT2D eigenvalue weighted by atomic mass is 10.1. The van der Waals surface area contributed by atoms with E-state index in [0.29, 0.717) is 36.4 Å². The van der Waals surface area contributed by atoms with Gasteiger partial charge < -0.3 is 15.0 Å². The molecular weight excluding hydrogens is 436 g/mol. The molecule has 1 N–H and O–H groups in total. The number of anilines is 1. The second-order valence-electron chi connectivity index (χ2n) is 8.16. The average molecular weight is 465 g/mol. The molecule has 0 spiro atoms. The summed E-state index contributed by atoms with van der Waals surface area (Å²) in [7, 11) is 0. The Morgan fingerprint density at radius 3 is 2.03 bits per heavy atom. The first kappa shape index (κ1) is 23.8. The van der Waals surface area contributed by atoms with Crippen molar-refractivity contribution in [3.63, 3.8) is 0 Å². The molecule has 0 unspecified atom stereocenters. The van der Waals surface area contributed by atoms with E-state index in [1.165, 1.54) is 0 Å². The molecule has 0 aliphatic rings. The van der Waals surface area contributed by atoms with Crippen molar-refractivity contribution in [1.29, 1.82) is 0 Å². The van der Waals surface area contributed by atoms with Crippen LogP contribution >= 0.6 is 0 Å². The van der Waals surface area contributed by atoms with Crippen molar-refractivity contribution < 1.29 is 14.3 Å². The number of para-hydroxylation sites is 1. The molecule has 5 heteroatoms. The maximum atomic E-state index is 13.3. The number of hydrogen-bond donors (Lipinski definition) is 1. The largest absolute Gasteiger partial charge is 0.457 e. The first-order valence-corrected chi connectivity index (χ1v) is 11.7. The number of nitrogens with one attached hydrogen (secondary N) is 1. The minimum Gasteiger partial charge on any atom is -0.457 e. The van der Waals surface area contributed by atoms with E-state index in [0.717, 1.165) is 17.0 Å². The van der Waals surface area contributed by atoms with Crippen molar-refractivity contribution in [1.82, 2.24) is 5.32 Å². The Kier molecular flexibility index (Phi) is 7.92. The van der Waals surface area contributed by atoms with Crippen LogP contribution in [0, 0.1) is 6.92 Å². The Hall–Kier alpha value is -4.38. The molecule has 2 amide bonds. The third-order valence-corrected chi connectivity index (χ3v) is 5.63. The Morgan fingerprint density at radius 1 is 0.743 bits per heavy atom. The van der Waals surface area contributed by atoms with Crippen LogP contribution in [0.3, 0.4) is 0 Å². The van der Waals surface area contributed by atoms with Gasteiger partial charge in [-0.3, -0.25) is 9.59 Å². The van der Waals surface area contributed by atoms with Crippen molar-refractivity contribution in [3.05, 3.63) is 126 Å². The van der Waals surface area contributed by atoms with Gasteiger partial charge in [0.2, 0.25) is 0 Å². The fourth-order valence-corrected chi connectivity index (χ4v) is 3.77. The maximum Gasteiger partial charge on any atom is 0.258 e. The van der Waals surface area contributed by atoms with Crippen LogP contribution in [0.25, 0.3) is 0 Å². The van der Waals surface area contributed by atoms with Crippen LogP contribution in [0.2, 0.25) is 0 Å². The molecule has 0 fully saturated rings. The molecule has 4 aromatic rings. The summed E-state index contributed by atoms with van der Waals surface area (Å²) < 4.78 is 5.88. The number of hydrogen-bond acceptors (Lipinski definition) is 3. The monoisotopic (exact) mass is 464 g/mol. The van der Waals surface area contributed by atoms with Gasteiger partial charge in [-0.25, -0.2) is 0 Å². The summed E-state index contributed by atoms with van der Waals surface area (Å²) in [5.74, 6) is 1.25. The quantitative estimate of drug-likeness (QED) is 0.298. The molecule has 4 aromatic carbocycles. The first-order chi connectivity index (χ1) is 17.1. The van der Waals surface area contributed by atoms with Crippen LogP contribution in [0.4, 0.5) is 5.69 Å². The molecule has 35 heavy (non-hydrogen) atoms. The van der Waals surface area contributed by atoms with Crippen molar-refractivity contribution in [2.75, 3.05) is 18.0 Å². The molecule has 0 heterocycles. The minimum absolute atomic E-state index is 0.0902. The van der Waals surface area contributed by atoms with Crippen LogP contribution in [-0.2, 0) is 0 Å². The highest BCUT2D eigenvalue weighted by Crippen LogP contribution is 2.25. The van der Waals surface area contributed by atoms with Gasteiger partial charge in [0.05, 0.1) is 0 Å². The van der Waals surface area contributed by atoms with Gasteiger partial charge in [-0.05, 0) is 73.5 Å². The maximum absolute atomic E-state index is 13.3. The van der Waals surface area contributed by atoms with Crippen molar-refractivity contribution in [2.45, 2.75) is 13.3 Å². The lowest BCUT2D eigenvalue weighted by Gasteiger charge is -2.23. The van der Waals surface area contributed by atoms with E-state index in [1.807, 2.05) is 116 Å². The predicted molar refractivity (Wildman–Crippen MR) is 139 cm³/mol. The highest BCUT2D eigenvalue weighted by atomic mass is 16.5. The zero-order valence-corrected chi connectivity index (χ0v) is 19.7. The lowest BCUT2D eigenvalue weighted by molar-refractivity contribution is 0.0953. The van der Waals surface area contributed by atoms with Gasteiger partial charge in [-0.15, -0.1) is 0 Å². The van der Waals surface area contributed by atoms with E-state index in [4.69, 9.17) is 4.74 Å². The van der Waals surface area contributed by atoms with E-state index in [9.17, 15) is 9.59 Å². The molecule has 0 bridgehead atoms. The van der Waals surface area contributed by atoms with E-state index >= 15 is 0 Å². The first-order valence-electron chi connectivity index (χ1n) is 11.7. The number of rotatable bonds is 9. The molecule has 0 aliphatic heterocycles. The van der Waals surface area contributed by atoms with Crippen molar-refractivity contribution in [2.24, 2.45) is 0 Å². The molecule has 0 radical (unpaired) electrons. The smallest absolute Gasteiger partial charge is 0.258 e. The van der Waals surface area contributed by atoms with E-state index in [1.54, 1.807) is 4.90 Å². The van der Waals surface area contributed by atoms with Gasteiger partial charge in [0.1, 0.15) is 11.5 Å². The highest BCUT2D eigenvalue weighted by molar-refractivity contribution is 6.06. The number of benzene rings is 4. The molecule has 0 aromatic heterocycles. The van der Waals surface area contributed by atoms with Crippen LogP contribution in [0.1, 0.15) is 32.7 Å². The van der Waals surface area contributed by atoms with Crippen LogP contribution in [-0.4, -0.2) is 24.9 Å². The molecule has 0 aliphatic carbocycles. The topological polar surface area (TPSA) is 58.6 Å². The van der Waals surface area contributed by atoms with Crippen LogP contribution in [0.5, 0.6) is 11.5 Å². The third-order valence-electron chi connectivity index (χ3n) is 5.63. The fraction of sp³-hybridized carbons (Fsp3) is 0.133. The minimum atomic E-state index is -0.105. The fourth-order valence-electron chi connectivity index (χ4n) is 3.77. The number of nitrogens with zero attached hydrogens (tertiary/aromatic N) is 1. The van der Waals surface area contributed by atoms with E-state index < -0.39 is 0 Å². The van der Waals surface area contributed by atoms with Gasteiger partial charge in [0.15, 0.2) is 0 Å². The molecule has 5 nitrogen and oxygen atoms in total. The molecule has 4 rings (SSSR count). The summed E-state index contributed by atoms with van der Waals surface area (Å²) in [5, 5.41) is 2.96. The van der Waals surface area contributed by atoms with Gasteiger partial charge in [-0.2, -0.15) is 0 Å². The van der Waals surface area contributed by atoms with Crippen molar-refractivity contribution >= 4 is 17.5 Å². The number of carbonyl (C=O) groups excluding carboxylic acids is 2. The Balaban J connectivity index is 1.44. The molecule has 0 atom stereocenters. The van der Waals surface area contributed by atoms with Gasteiger partial charge in [0, 0.05) is 29.9 Å². The van der Waals surface area contributed by atoms with Crippen LogP contribution < -0.4 is 15.0 Å². The van der Waals surface area contributed by atoms with E-state index in [-0.39, 0.29) is 11.8 Å². The highest BCUT2D eigenvalue weighted by Gasteiger charge is 2.18. The Labute approximate surface area is 206 Å². The molecule has 0 saturated carbocycles. The lowest BCUT2D eigenvalue weighted by Crippen LogP contribution is -2.34. The Morgan fingerprint density at radius 2 is 1.34 bits per heavy atom. The summed E-state index contributed by atoms with van der Waals surface area (Å²) in [6.45, 7) is 2.84. The summed E-state index contributed by atoms with van der Waals surface area (Å²) in [6.07, 6.45) is 0.610. The number of aryl methyl sites for hydroxylation is 1. The summed E-state index contributed by atoms with van der Waals surface area (Å²) in [6, 6.07) is 33.7. The summed E-state index contributed by atoms with van der Waals surface area (Å²) in [5.41, 5.74) is 2.98. The average Bonchev–Trinajstić information content (AvgIpc) is 2.90. The third kappa shape index (κ3) is 6.36. The number of ether oxygens (including phenoxy) is 1. The van der Waals surface area contributed by atoms with E-state index in [2.05, 4.69) is 5.32 Å². The Bertz CT molecular complexity index is 1260. The van der Waals surface area contributed by atoms with Crippen LogP contribution in [0.15, 0.2) is 109 Å².